The van der Waals surface area contributed by atoms with Gasteiger partial charge in [0.2, 0.25) is 5.91 Å². The molecule has 0 radical (unpaired) electrons. The molecule has 0 aromatic heterocycles. The van der Waals surface area contributed by atoms with Crippen LogP contribution in [0.2, 0.25) is 0 Å². The van der Waals surface area contributed by atoms with Crippen molar-refractivity contribution in [3.63, 3.8) is 0 Å². The Kier molecular flexibility index (Phi) is 9.46. The second-order valence-electron chi connectivity index (χ2n) is 7.45. The van der Waals surface area contributed by atoms with Crippen molar-refractivity contribution < 1.29 is 9.18 Å². The summed E-state index contributed by atoms with van der Waals surface area (Å²) in [5.41, 5.74) is 0.838. The van der Waals surface area contributed by atoms with E-state index in [9.17, 15) is 9.18 Å². The lowest BCUT2D eigenvalue weighted by atomic mass is 9.88. The van der Waals surface area contributed by atoms with Crippen LogP contribution in [0.3, 0.4) is 0 Å². The molecule has 5 nitrogen and oxygen atoms in total. The highest BCUT2D eigenvalue weighted by atomic mass is 127. The number of carbonyl (C=O) groups excluding carboxylic acids is 1. The first-order valence-electron chi connectivity index (χ1n) is 9.76. The minimum Gasteiger partial charge on any atom is -0.352 e. The number of hydrogen-bond donors (Lipinski definition) is 2. The maximum absolute atomic E-state index is 13.5. The molecule has 2 fully saturated rings. The highest BCUT2D eigenvalue weighted by Gasteiger charge is 2.31. The third-order valence-corrected chi connectivity index (χ3v) is 5.86. The molecule has 1 heterocycles. The van der Waals surface area contributed by atoms with Gasteiger partial charge in [-0.15, -0.1) is 24.0 Å². The summed E-state index contributed by atoms with van der Waals surface area (Å²) in [6.07, 6.45) is 6.62. The molecule has 1 aliphatic heterocycles. The number of rotatable bonds is 4. The average molecular weight is 567 g/mol. The van der Waals surface area contributed by atoms with Crippen LogP contribution < -0.4 is 10.6 Å². The van der Waals surface area contributed by atoms with Crippen molar-refractivity contribution in [3.05, 3.63) is 34.1 Å². The summed E-state index contributed by atoms with van der Waals surface area (Å²) >= 11 is 3.31. The number of nitrogens with one attached hydrogen (secondary N) is 2. The van der Waals surface area contributed by atoms with Crippen LogP contribution in [-0.4, -0.2) is 42.9 Å². The van der Waals surface area contributed by atoms with E-state index >= 15 is 0 Å². The molecular weight excluding hydrogens is 538 g/mol. The summed E-state index contributed by atoms with van der Waals surface area (Å²) in [4.78, 5) is 18.9. The first-order chi connectivity index (χ1) is 13.0. The smallest absolute Gasteiger partial charge is 0.225 e. The van der Waals surface area contributed by atoms with Gasteiger partial charge in [-0.2, -0.15) is 0 Å². The van der Waals surface area contributed by atoms with Crippen molar-refractivity contribution in [1.29, 1.82) is 0 Å². The molecule has 1 atom stereocenters. The van der Waals surface area contributed by atoms with Crippen molar-refractivity contribution >= 4 is 51.8 Å². The fourth-order valence-electron chi connectivity index (χ4n) is 3.97. The molecule has 8 heteroatoms. The first kappa shape index (κ1) is 23.4. The van der Waals surface area contributed by atoms with Gasteiger partial charge in [-0.05, 0) is 43.0 Å². The second kappa shape index (κ2) is 11.3. The highest BCUT2D eigenvalue weighted by molar-refractivity contribution is 14.0. The minimum absolute atomic E-state index is 0. The molecule has 2 N–H and O–H groups in total. The fraction of sp³-hybridized carbons (Fsp3) is 0.600. The summed E-state index contributed by atoms with van der Waals surface area (Å²) in [7, 11) is 1.72. The van der Waals surface area contributed by atoms with Gasteiger partial charge >= 0.3 is 0 Å². The summed E-state index contributed by atoms with van der Waals surface area (Å²) in [5.74, 6) is 0.956. The molecule has 1 amide bonds. The van der Waals surface area contributed by atoms with E-state index in [4.69, 9.17) is 0 Å². The van der Waals surface area contributed by atoms with Crippen molar-refractivity contribution in [2.75, 3.05) is 20.1 Å². The Balaban J connectivity index is 0.00000280. The van der Waals surface area contributed by atoms with E-state index in [1.807, 2.05) is 11.0 Å². The summed E-state index contributed by atoms with van der Waals surface area (Å²) in [6, 6.07) is 5.02. The quantitative estimate of drug-likeness (QED) is 0.328. The zero-order valence-electron chi connectivity index (χ0n) is 16.2. The van der Waals surface area contributed by atoms with Crippen molar-refractivity contribution in [1.82, 2.24) is 15.5 Å². The Hall–Kier alpha value is -0.900. The van der Waals surface area contributed by atoms with Crippen LogP contribution in [0.1, 0.15) is 44.1 Å². The predicted molar refractivity (Wildman–Crippen MR) is 124 cm³/mol. The number of carbonyl (C=O) groups is 1. The largest absolute Gasteiger partial charge is 0.352 e. The third kappa shape index (κ3) is 6.57. The Bertz CT molecular complexity index is 677. The van der Waals surface area contributed by atoms with Gasteiger partial charge in [-0.3, -0.25) is 9.79 Å². The van der Waals surface area contributed by atoms with Gasteiger partial charge in [0.25, 0.3) is 0 Å². The fourth-order valence-corrected chi connectivity index (χ4v) is 4.49. The number of likely N-dealkylation sites (tertiary alicyclic amines) is 1. The molecule has 1 saturated heterocycles. The van der Waals surface area contributed by atoms with Crippen molar-refractivity contribution in [2.45, 2.75) is 51.1 Å². The van der Waals surface area contributed by atoms with Gasteiger partial charge in [0.05, 0.1) is 0 Å². The van der Waals surface area contributed by atoms with Gasteiger partial charge in [-0.25, -0.2) is 4.39 Å². The molecule has 1 aliphatic carbocycles. The van der Waals surface area contributed by atoms with E-state index < -0.39 is 0 Å². The predicted octanol–water partition coefficient (Wildman–Crippen LogP) is 4.05. The van der Waals surface area contributed by atoms with Gasteiger partial charge < -0.3 is 15.5 Å². The molecule has 0 bridgehead atoms. The molecule has 1 unspecified atom stereocenters. The third-order valence-electron chi connectivity index (χ3n) is 5.40. The molecular formula is C20H29BrFIN4O. The second-order valence-corrected chi connectivity index (χ2v) is 8.37. The Morgan fingerprint density at radius 2 is 2.00 bits per heavy atom. The molecule has 1 aromatic carbocycles. The Labute approximate surface area is 192 Å². The SMILES string of the molecule is CN=C(NCc1cc(F)cc(Br)c1)NC1CCN(C(=O)C2CCCCC2)C1.I. The van der Waals surface area contributed by atoms with Crippen LogP contribution in [0, 0.1) is 11.7 Å². The molecule has 2 aliphatic rings. The summed E-state index contributed by atoms with van der Waals surface area (Å²) in [6.45, 7) is 2.01. The molecule has 1 aromatic rings. The number of benzene rings is 1. The lowest BCUT2D eigenvalue weighted by Crippen LogP contribution is -2.45. The normalized spacial score (nSPS) is 20.6. The number of nitrogens with zero attached hydrogens (tertiary/aromatic N) is 2. The number of aliphatic imine (C=N–C) groups is 1. The van der Waals surface area contributed by atoms with Crippen LogP contribution in [-0.2, 0) is 11.3 Å². The molecule has 28 heavy (non-hydrogen) atoms. The maximum Gasteiger partial charge on any atom is 0.225 e. The minimum atomic E-state index is -0.267. The number of amides is 1. The van der Waals surface area contributed by atoms with Crippen LogP contribution >= 0.6 is 39.9 Å². The highest BCUT2D eigenvalue weighted by Crippen LogP contribution is 2.26. The summed E-state index contributed by atoms with van der Waals surface area (Å²) < 4.78 is 14.2. The van der Waals surface area contributed by atoms with E-state index in [1.54, 1.807) is 7.05 Å². The lowest BCUT2D eigenvalue weighted by molar-refractivity contribution is -0.135. The zero-order valence-corrected chi connectivity index (χ0v) is 20.1. The van der Waals surface area contributed by atoms with Crippen LogP contribution in [0.4, 0.5) is 4.39 Å². The Morgan fingerprint density at radius 3 is 2.68 bits per heavy atom. The molecule has 1 saturated carbocycles. The van der Waals surface area contributed by atoms with Gasteiger partial charge in [0.1, 0.15) is 5.82 Å². The van der Waals surface area contributed by atoms with Gasteiger partial charge in [-0.1, -0.05) is 35.2 Å². The van der Waals surface area contributed by atoms with E-state index in [0.717, 1.165) is 42.4 Å². The average Bonchev–Trinajstić information content (AvgIpc) is 3.13. The Morgan fingerprint density at radius 1 is 1.25 bits per heavy atom. The standard InChI is InChI=1S/C20H28BrFN4O.HI/c1-23-20(24-12-14-9-16(21)11-17(22)10-14)25-18-7-8-26(13-18)19(27)15-5-3-2-4-6-15;/h9-11,15,18H,2-8,12-13H2,1H3,(H2,23,24,25);1H. The number of guanidine groups is 1. The molecule has 3 rings (SSSR count). The maximum atomic E-state index is 13.5. The van der Waals surface area contributed by atoms with E-state index in [0.29, 0.717) is 18.4 Å². The first-order valence-corrected chi connectivity index (χ1v) is 10.6. The van der Waals surface area contributed by atoms with Crippen LogP contribution in [0.15, 0.2) is 27.7 Å². The summed E-state index contributed by atoms with van der Waals surface area (Å²) in [5, 5.41) is 6.61. The van der Waals surface area contributed by atoms with Crippen molar-refractivity contribution in [3.8, 4) is 0 Å². The van der Waals surface area contributed by atoms with E-state index in [-0.39, 0.29) is 41.8 Å². The van der Waals surface area contributed by atoms with Crippen LogP contribution in [0.5, 0.6) is 0 Å². The van der Waals surface area contributed by atoms with Gasteiger partial charge in [0, 0.05) is 43.1 Å². The topological polar surface area (TPSA) is 56.7 Å². The zero-order chi connectivity index (χ0) is 19.2. The lowest BCUT2D eigenvalue weighted by Gasteiger charge is -2.26. The van der Waals surface area contributed by atoms with Crippen molar-refractivity contribution in [2.24, 2.45) is 10.9 Å². The van der Waals surface area contributed by atoms with Gasteiger partial charge in [0.15, 0.2) is 5.96 Å². The van der Waals surface area contributed by atoms with E-state index in [1.165, 1.54) is 31.4 Å². The van der Waals surface area contributed by atoms with Crippen LogP contribution in [0.25, 0.3) is 0 Å². The molecule has 0 spiro atoms. The van der Waals surface area contributed by atoms with E-state index in [2.05, 4.69) is 31.6 Å². The number of hydrogen-bond acceptors (Lipinski definition) is 2. The number of halogens is 3. The molecule has 156 valence electrons. The monoisotopic (exact) mass is 566 g/mol.